The fourth-order valence-electron chi connectivity index (χ4n) is 5.73. The Morgan fingerprint density at radius 1 is 1.11 bits per heavy atom. The van der Waals surface area contributed by atoms with Crippen molar-refractivity contribution in [1.29, 1.82) is 0 Å². The number of aryl methyl sites for hydroxylation is 1. The quantitative estimate of drug-likeness (QED) is 0.568. The van der Waals surface area contributed by atoms with Crippen LogP contribution in [0.15, 0.2) is 48.8 Å². The molecule has 1 aromatic heterocycles. The predicted octanol–water partition coefficient (Wildman–Crippen LogP) is 3.91. The molecule has 4 rings (SSSR count). The number of piperidine rings is 1. The van der Waals surface area contributed by atoms with Crippen molar-refractivity contribution in [3.8, 4) is 0 Å². The molecule has 0 bridgehead atoms. The minimum Gasteiger partial charge on any atom is -0.352 e. The molecule has 1 aromatic carbocycles. The van der Waals surface area contributed by atoms with Gasteiger partial charge in [0.25, 0.3) is 5.91 Å². The summed E-state index contributed by atoms with van der Waals surface area (Å²) in [5.41, 5.74) is 9.14. The van der Waals surface area contributed by atoms with Crippen molar-refractivity contribution in [3.63, 3.8) is 0 Å². The average molecular weight is 506 g/mol. The number of aromatic nitrogens is 1. The fourth-order valence-corrected chi connectivity index (χ4v) is 5.73. The van der Waals surface area contributed by atoms with Crippen molar-refractivity contribution in [2.24, 2.45) is 11.7 Å². The van der Waals surface area contributed by atoms with Crippen molar-refractivity contribution in [2.75, 3.05) is 13.1 Å². The monoisotopic (exact) mass is 505 g/mol. The number of hydrogen-bond acceptors (Lipinski definition) is 5. The van der Waals surface area contributed by atoms with Crippen LogP contribution in [0, 0.1) is 12.8 Å². The maximum absolute atomic E-state index is 13.7. The molecule has 37 heavy (non-hydrogen) atoms. The molecule has 7 heteroatoms. The summed E-state index contributed by atoms with van der Waals surface area (Å²) in [6.45, 7) is 8.92. The van der Waals surface area contributed by atoms with Gasteiger partial charge in [-0.05, 0) is 69.1 Å². The molecule has 1 saturated carbocycles. The summed E-state index contributed by atoms with van der Waals surface area (Å²) in [4.78, 5) is 35.6. The number of benzene rings is 1. The van der Waals surface area contributed by atoms with E-state index in [-0.39, 0.29) is 29.9 Å². The average Bonchev–Trinajstić information content (AvgIpc) is 2.90. The van der Waals surface area contributed by atoms with Gasteiger partial charge in [-0.25, -0.2) is 0 Å². The summed E-state index contributed by atoms with van der Waals surface area (Å²) in [5, 5.41) is 3.28. The van der Waals surface area contributed by atoms with E-state index in [9.17, 15) is 9.59 Å². The molecule has 0 radical (unpaired) electrons. The molecule has 2 atom stereocenters. The van der Waals surface area contributed by atoms with Gasteiger partial charge in [-0.1, -0.05) is 43.7 Å². The number of likely N-dealkylation sites (tertiary alicyclic amines) is 1. The van der Waals surface area contributed by atoms with Gasteiger partial charge in [-0.3, -0.25) is 19.5 Å². The van der Waals surface area contributed by atoms with Crippen LogP contribution < -0.4 is 11.1 Å². The Morgan fingerprint density at radius 3 is 2.49 bits per heavy atom. The Balaban J connectivity index is 1.54. The predicted molar refractivity (Wildman–Crippen MR) is 147 cm³/mol. The number of nitrogens with one attached hydrogen (secondary N) is 1. The van der Waals surface area contributed by atoms with E-state index in [0.717, 1.165) is 45.2 Å². The summed E-state index contributed by atoms with van der Waals surface area (Å²) in [6.07, 6.45) is 8.36. The second kappa shape index (κ2) is 12.7. The number of amides is 2. The van der Waals surface area contributed by atoms with Crippen LogP contribution in [0.5, 0.6) is 0 Å². The molecular weight excluding hydrogens is 462 g/mol. The maximum atomic E-state index is 13.7. The van der Waals surface area contributed by atoms with Crippen LogP contribution in [-0.2, 0) is 11.3 Å². The van der Waals surface area contributed by atoms with E-state index in [4.69, 9.17) is 5.73 Å². The van der Waals surface area contributed by atoms with Gasteiger partial charge in [0, 0.05) is 50.2 Å². The summed E-state index contributed by atoms with van der Waals surface area (Å²) >= 11 is 0. The Bertz CT molecular complexity index is 1020. The number of nitrogens with zero attached hydrogens (tertiary/aromatic N) is 3. The molecule has 0 spiro atoms. The highest BCUT2D eigenvalue weighted by molar-refractivity contribution is 5.97. The molecule has 7 nitrogen and oxygen atoms in total. The Kier molecular flexibility index (Phi) is 9.33. The SMILES string of the molecule is Cc1ccc(CN(CC(C)C)C2CCN(C(=O)c3cccnc3)[C@@H](C(=O)NC3CCC(N)CC3)C2)cc1. The van der Waals surface area contributed by atoms with E-state index in [1.807, 2.05) is 0 Å². The summed E-state index contributed by atoms with van der Waals surface area (Å²) in [6, 6.07) is 12.3. The van der Waals surface area contributed by atoms with Crippen molar-refractivity contribution >= 4 is 11.8 Å². The molecule has 1 aliphatic heterocycles. The number of carbonyl (C=O) groups excluding carboxylic acids is 2. The lowest BCUT2D eigenvalue weighted by molar-refractivity contribution is -0.128. The number of nitrogens with two attached hydrogens (primary N) is 1. The van der Waals surface area contributed by atoms with Crippen LogP contribution >= 0.6 is 0 Å². The molecule has 200 valence electrons. The minimum atomic E-state index is -0.505. The largest absolute Gasteiger partial charge is 0.352 e. The van der Waals surface area contributed by atoms with Gasteiger partial charge < -0.3 is 16.0 Å². The van der Waals surface area contributed by atoms with E-state index in [1.54, 1.807) is 29.4 Å². The van der Waals surface area contributed by atoms with Gasteiger partial charge in [0.05, 0.1) is 5.56 Å². The number of carbonyl (C=O) groups is 2. The van der Waals surface area contributed by atoms with E-state index in [2.05, 4.69) is 60.2 Å². The number of rotatable bonds is 8. The lowest BCUT2D eigenvalue weighted by Crippen LogP contribution is -2.59. The lowest BCUT2D eigenvalue weighted by Gasteiger charge is -2.44. The van der Waals surface area contributed by atoms with Crippen LogP contribution in [0.2, 0.25) is 0 Å². The Morgan fingerprint density at radius 2 is 1.84 bits per heavy atom. The molecule has 1 saturated heterocycles. The maximum Gasteiger partial charge on any atom is 0.256 e. The third-order valence-corrected chi connectivity index (χ3v) is 7.79. The third-order valence-electron chi connectivity index (χ3n) is 7.79. The molecule has 2 amide bonds. The zero-order valence-electron chi connectivity index (χ0n) is 22.6. The molecule has 1 unspecified atom stereocenters. The van der Waals surface area contributed by atoms with Gasteiger partial charge in [-0.15, -0.1) is 0 Å². The first-order chi connectivity index (χ1) is 17.8. The molecule has 2 fully saturated rings. The van der Waals surface area contributed by atoms with Crippen LogP contribution in [-0.4, -0.2) is 63.9 Å². The van der Waals surface area contributed by atoms with Crippen molar-refractivity contribution in [1.82, 2.24) is 20.1 Å². The van der Waals surface area contributed by atoms with Gasteiger partial charge in [0.15, 0.2) is 0 Å². The molecule has 2 aromatic rings. The number of hydrogen-bond donors (Lipinski definition) is 2. The van der Waals surface area contributed by atoms with Crippen molar-refractivity contribution < 1.29 is 9.59 Å². The van der Waals surface area contributed by atoms with Gasteiger partial charge in [0.2, 0.25) is 5.91 Å². The van der Waals surface area contributed by atoms with Crippen molar-refractivity contribution in [2.45, 2.75) is 90.0 Å². The first-order valence-corrected chi connectivity index (χ1v) is 13.9. The van der Waals surface area contributed by atoms with E-state index >= 15 is 0 Å². The fraction of sp³-hybridized carbons (Fsp3) is 0.567. The van der Waals surface area contributed by atoms with Gasteiger partial charge >= 0.3 is 0 Å². The van der Waals surface area contributed by atoms with Gasteiger partial charge in [0.1, 0.15) is 6.04 Å². The normalized spacial score (nSPS) is 24.3. The van der Waals surface area contributed by atoms with Crippen LogP contribution in [0.3, 0.4) is 0 Å². The Hall–Kier alpha value is -2.77. The van der Waals surface area contributed by atoms with E-state index in [1.165, 1.54) is 11.1 Å². The highest BCUT2D eigenvalue weighted by Crippen LogP contribution is 2.27. The Labute approximate surface area is 221 Å². The number of pyridine rings is 1. The van der Waals surface area contributed by atoms with Crippen molar-refractivity contribution in [3.05, 3.63) is 65.5 Å². The summed E-state index contributed by atoms with van der Waals surface area (Å²) in [5.74, 6) is 0.341. The third kappa shape index (κ3) is 7.39. The van der Waals surface area contributed by atoms with Crippen LogP contribution in [0.25, 0.3) is 0 Å². The lowest BCUT2D eigenvalue weighted by atomic mass is 9.90. The summed E-state index contributed by atoms with van der Waals surface area (Å²) < 4.78 is 0. The molecular formula is C30H43N5O2. The second-order valence-electron chi connectivity index (χ2n) is 11.4. The molecule has 2 aliphatic rings. The molecule has 3 N–H and O–H groups in total. The zero-order chi connectivity index (χ0) is 26.4. The first kappa shape index (κ1) is 27.3. The van der Waals surface area contributed by atoms with Crippen LogP contribution in [0.1, 0.15) is 73.9 Å². The highest BCUT2D eigenvalue weighted by Gasteiger charge is 2.39. The van der Waals surface area contributed by atoms with Crippen LogP contribution in [0.4, 0.5) is 0 Å². The standard InChI is InChI=1S/C30H43N5O2/c1-21(2)19-34(20-23-8-6-22(3)7-9-23)27-14-16-35(30(37)24-5-4-15-32-18-24)28(17-27)29(36)33-26-12-10-25(31)11-13-26/h4-9,15,18,21,25-28H,10-14,16-17,19-20,31H2,1-3H3,(H,33,36)/t25?,26?,27?,28-/m1/s1. The second-order valence-corrected chi connectivity index (χ2v) is 11.4. The summed E-state index contributed by atoms with van der Waals surface area (Å²) in [7, 11) is 0. The zero-order valence-corrected chi connectivity index (χ0v) is 22.6. The molecule has 2 heterocycles. The van der Waals surface area contributed by atoms with E-state index < -0.39 is 6.04 Å². The minimum absolute atomic E-state index is 0.0396. The molecule has 1 aliphatic carbocycles. The highest BCUT2D eigenvalue weighted by atomic mass is 16.2. The smallest absolute Gasteiger partial charge is 0.256 e. The topological polar surface area (TPSA) is 91.6 Å². The van der Waals surface area contributed by atoms with Gasteiger partial charge in [-0.2, -0.15) is 0 Å². The van der Waals surface area contributed by atoms with E-state index in [0.29, 0.717) is 24.4 Å². The first-order valence-electron chi connectivity index (χ1n) is 13.9.